The van der Waals surface area contributed by atoms with Crippen molar-refractivity contribution in [2.45, 2.75) is 6.92 Å². The van der Waals surface area contributed by atoms with Crippen LogP contribution in [0.15, 0.2) is 58.8 Å². The Kier molecular flexibility index (Phi) is 6.34. The number of hydrogen-bond donors (Lipinski definition) is 1. The maximum absolute atomic E-state index is 11.2. The van der Waals surface area contributed by atoms with Crippen LogP contribution in [0.4, 0.5) is 17.3 Å². The summed E-state index contributed by atoms with van der Waals surface area (Å²) in [7, 11) is -2.86. The summed E-state index contributed by atoms with van der Waals surface area (Å²) in [6, 6.07) is 15.1. The summed E-state index contributed by atoms with van der Waals surface area (Å²) in [5, 5.41) is 8.33. The van der Waals surface area contributed by atoms with Crippen molar-refractivity contribution in [3.05, 3.63) is 48.5 Å². The molecule has 0 amide bonds. The Morgan fingerprint density at radius 3 is 2.54 bits per heavy atom. The Hall–Kier alpha value is -2.82. The molecule has 0 fully saturated rings. The van der Waals surface area contributed by atoms with Gasteiger partial charge in [-0.2, -0.15) is 8.42 Å². The molecule has 1 aromatic heterocycles. The predicted octanol–water partition coefficient (Wildman–Crippen LogP) is 3.71. The fraction of sp³-hybridized carbons (Fsp3) is 0.278. The number of rotatable bonds is 9. The highest BCUT2D eigenvalue weighted by molar-refractivity contribution is 7.81. The number of aromatic nitrogens is 2. The monoisotopic (exact) mass is 403 g/mol. The third-order valence-corrected chi connectivity index (χ3v) is 4.89. The van der Waals surface area contributed by atoms with E-state index in [1.165, 1.54) is 0 Å². The molecule has 0 bridgehead atoms. The minimum Gasteiger partial charge on any atom is -0.369 e. The van der Waals surface area contributed by atoms with Crippen molar-refractivity contribution in [3.8, 4) is 0 Å². The zero-order chi connectivity index (χ0) is 20.0. The topological polar surface area (TPSA) is 109 Å². The van der Waals surface area contributed by atoms with Gasteiger partial charge in [0.25, 0.3) is 0 Å². The molecular weight excluding hydrogens is 382 g/mol. The quantitative estimate of drug-likeness (QED) is 0.546. The lowest BCUT2D eigenvalue weighted by atomic mass is 10.2. The molecule has 9 nitrogen and oxygen atoms in total. The minimum atomic E-state index is -3.92. The average molecular weight is 403 g/mol. The predicted molar refractivity (Wildman–Crippen MR) is 106 cm³/mol. The SMILES string of the molecule is CCN(CCOS(=O)(=O)OC)c1ccc(N=Nc2nc3ccccc3[nH]2)cc1. The molecule has 3 aromatic rings. The van der Waals surface area contributed by atoms with Gasteiger partial charge in [-0.1, -0.05) is 12.1 Å². The number of azo groups is 1. The highest BCUT2D eigenvalue weighted by atomic mass is 32.3. The van der Waals surface area contributed by atoms with Gasteiger partial charge >= 0.3 is 10.4 Å². The Balaban J connectivity index is 1.62. The second-order valence-electron chi connectivity index (χ2n) is 5.77. The summed E-state index contributed by atoms with van der Waals surface area (Å²) in [4.78, 5) is 9.42. The Labute approximate surface area is 163 Å². The second kappa shape index (κ2) is 8.91. The molecule has 148 valence electrons. The molecule has 0 unspecified atom stereocenters. The van der Waals surface area contributed by atoms with Gasteiger partial charge in [-0.25, -0.2) is 9.17 Å². The summed E-state index contributed by atoms with van der Waals surface area (Å²) < 4.78 is 31.4. The molecule has 2 aromatic carbocycles. The first kappa shape index (κ1) is 19.9. The van der Waals surface area contributed by atoms with Gasteiger partial charge in [-0.15, -0.1) is 10.2 Å². The molecule has 1 heterocycles. The number of H-pyrrole nitrogens is 1. The van der Waals surface area contributed by atoms with Crippen LogP contribution >= 0.6 is 0 Å². The van der Waals surface area contributed by atoms with Crippen LogP contribution < -0.4 is 4.90 Å². The number of nitrogens with one attached hydrogen (secondary N) is 1. The Bertz CT molecular complexity index is 1010. The highest BCUT2D eigenvalue weighted by Gasteiger charge is 2.11. The van der Waals surface area contributed by atoms with E-state index in [2.05, 4.69) is 24.4 Å². The van der Waals surface area contributed by atoms with Crippen LogP contribution in [-0.4, -0.2) is 45.2 Å². The summed E-state index contributed by atoms with van der Waals surface area (Å²) in [5.74, 6) is 0.442. The standard InChI is InChI=1S/C18H21N5O4S/c1-3-23(12-13-27-28(24,25)26-2)15-10-8-14(9-11-15)21-22-18-19-16-6-4-5-7-17(16)20-18/h4-11H,3,12-13H2,1-2H3,(H,19,20). The second-order valence-corrected chi connectivity index (χ2v) is 7.16. The largest absolute Gasteiger partial charge is 0.399 e. The molecule has 0 aliphatic carbocycles. The molecule has 10 heteroatoms. The normalized spacial score (nSPS) is 12.1. The summed E-state index contributed by atoms with van der Waals surface area (Å²) in [5.41, 5.74) is 3.34. The van der Waals surface area contributed by atoms with E-state index in [4.69, 9.17) is 4.18 Å². The number of likely N-dealkylation sites (N-methyl/N-ethyl adjacent to an activating group) is 1. The van der Waals surface area contributed by atoms with Crippen LogP contribution in [0.5, 0.6) is 0 Å². The molecule has 0 spiro atoms. The number of hydrogen-bond acceptors (Lipinski definition) is 8. The summed E-state index contributed by atoms with van der Waals surface area (Å²) in [6.07, 6.45) is 0. The number of imidazole rings is 1. The van der Waals surface area contributed by atoms with Gasteiger partial charge in [0, 0.05) is 18.8 Å². The van der Waals surface area contributed by atoms with Crippen molar-refractivity contribution in [2.75, 3.05) is 31.7 Å². The van der Waals surface area contributed by atoms with E-state index >= 15 is 0 Å². The maximum Gasteiger partial charge on any atom is 0.399 e. The Morgan fingerprint density at radius 1 is 1.11 bits per heavy atom. The van der Waals surface area contributed by atoms with Crippen LogP contribution in [0.25, 0.3) is 11.0 Å². The van der Waals surface area contributed by atoms with Gasteiger partial charge in [-0.05, 0) is 43.3 Å². The van der Waals surface area contributed by atoms with Crippen molar-refractivity contribution < 1.29 is 16.8 Å². The lowest BCUT2D eigenvalue weighted by molar-refractivity contribution is 0.248. The first-order valence-electron chi connectivity index (χ1n) is 8.67. The van der Waals surface area contributed by atoms with Crippen molar-refractivity contribution in [3.63, 3.8) is 0 Å². The van der Waals surface area contributed by atoms with Gasteiger partial charge in [0.15, 0.2) is 0 Å². The maximum atomic E-state index is 11.2. The number of benzene rings is 2. The molecule has 1 N–H and O–H groups in total. The molecule has 0 aliphatic rings. The van der Waals surface area contributed by atoms with Crippen LogP contribution in [0.3, 0.4) is 0 Å². The zero-order valence-electron chi connectivity index (χ0n) is 15.6. The van der Waals surface area contributed by atoms with Crippen molar-refractivity contribution in [2.24, 2.45) is 10.2 Å². The molecule has 3 rings (SSSR count). The van der Waals surface area contributed by atoms with E-state index in [-0.39, 0.29) is 6.61 Å². The molecule has 0 aliphatic heterocycles. The van der Waals surface area contributed by atoms with E-state index in [0.717, 1.165) is 23.8 Å². The van der Waals surface area contributed by atoms with Crippen molar-refractivity contribution in [1.82, 2.24) is 9.97 Å². The van der Waals surface area contributed by atoms with Crippen molar-refractivity contribution >= 4 is 38.8 Å². The first-order valence-corrected chi connectivity index (χ1v) is 10.0. The smallest absolute Gasteiger partial charge is 0.369 e. The van der Waals surface area contributed by atoms with E-state index in [1.807, 2.05) is 60.4 Å². The molecule has 0 saturated heterocycles. The van der Waals surface area contributed by atoms with Gasteiger partial charge < -0.3 is 9.88 Å². The lowest BCUT2D eigenvalue weighted by Crippen LogP contribution is -2.28. The molecule has 0 saturated carbocycles. The van der Waals surface area contributed by atoms with E-state index in [0.29, 0.717) is 24.7 Å². The fourth-order valence-electron chi connectivity index (χ4n) is 2.59. The van der Waals surface area contributed by atoms with Crippen LogP contribution in [0, 0.1) is 0 Å². The molecule has 0 radical (unpaired) electrons. The number of nitrogens with zero attached hydrogens (tertiary/aromatic N) is 4. The van der Waals surface area contributed by atoms with Crippen LogP contribution in [0.1, 0.15) is 6.92 Å². The molecule has 28 heavy (non-hydrogen) atoms. The van der Waals surface area contributed by atoms with Gasteiger partial charge in [-0.3, -0.25) is 4.18 Å². The zero-order valence-corrected chi connectivity index (χ0v) is 16.4. The van der Waals surface area contributed by atoms with Crippen LogP contribution in [0.2, 0.25) is 0 Å². The Morgan fingerprint density at radius 2 is 1.86 bits per heavy atom. The van der Waals surface area contributed by atoms with Gasteiger partial charge in [0.2, 0.25) is 5.95 Å². The summed E-state index contributed by atoms with van der Waals surface area (Å²) in [6.45, 7) is 3.06. The summed E-state index contributed by atoms with van der Waals surface area (Å²) >= 11 is 0. The van der Waals surface area contributed by atoms with Gasteiger partial charge in [0.1, 0.15) is 0 Å². The number of fused-ring (bicyclic) bond motifs is 1. The van der Waals surface area contributed by atoms with Gasteiger partial charge in [0.05, 0.1) is 30.4 Å². The number of anilines is 1. The number of aromatic amines is 1. The molecule has 0 atom stereocenters. The minimum absolute atomic E-state index is 0.00245. The average Bonchev–Trinajstić information content (AvgIpc) is 3.13. The lowest BCUT2D eigenvalue weighted by Gasteiger charge is -2.22. The van der Waals surface area contributed by atoms with Crippen LogP contribution in [-0.2, 0) is 18.8 Å². The fourth-order valence-corrected chi connectivity index (χ4v) is 2.96. The highest BCUT2D eigenvalue weighted by Crippen LogP contribution is 2.22. The molecular formula is C18H21N5O4S. The van der Waals surface area contributed by atoms with E-state index in [1.54, 1.807) is 0 Å². The first-order chi connectivity index (χ1) is 13.5. The van der Waals surface area contributed by atoms with E-state index in [9.17, 15) is 8.42 Å². The third kappa shape index (κ3) is 5.12. The number of para-hydroxylation sites is 2. The third-order valence-electron chi connectivity index (χ3n) is 4.03. The van der Waals surface area contributed by atoms with E-state index < -0.39 is 10.4 Å². The van der Waals surface area contributed by atoms with Crippen molar-refractivity contribution in [1.29, 1.82) is 0 Å².